The molecular formula is C22H22N2O3. The minimum absolute atomic E-state index is 0.269. The summed E-state index contributed by atoms with van der Waals surface area (Å²) in [5.74, 6) is 0.139. The average molecular weight is 362 g/mol. The molecule has 2 amide bonds. The maximum Gasteiger partial charge on any atom is 0.281 e. The second-order valence-corrected chi connectivity index (χ2v) is 7.04. The summed E-state index contributed by atoms with van der Waals surface area (Å²) in [6.45, 7) is 0. The number of aliphatic imine (C=N–C) groups is 1. The Morgan fingerprint density at radius 2 is 1.67 bits per heavy atom. The summed E-state index contributed by atoms with van der Waals surface area (Å²) in [5, 5.41) is 0. The summed E-state index contributed by atoms with van der Waals surface area (Å²) in [4.78, 5) is 32.8. The number of hydrogen-bond donors (Lipinski definition) is 0. The van der Waals surface area contributed by atoms with Crippen molar-refractivity contribution in [2.24, 2.45) is 4.99 Å². The molecule has 5 heteroatoms. The highest BCUT2D eigenvalue weighted by Gasteiger charge is 2.50. The lowest BCUT2D eigenvalue weighted by Crippen LogP contribution is -2.51. The smallest absolute Gasteiger partial charge is 0.281 e. The van der Waals surface area contributed by atoms with Crippen molar-refractivity contribution >= 4 is 17.5 Å². The summed E-state index contributed by atoms with van der Waals surface area (Å²) in [6.07, 6.45) is 4.47. The standard InChI is InChI=1S/C22H22N2O3/c1-27-18-12-10-16(11-13-18)19-21(26)24(20(25)17-8-4-2-5-9-17)22(23-19)14-6-3-7-15-22/h2,4-5,8-13H,3,6-7,14-15H2,1H3. The predicted octanol–water partition coefficient (Wildman–Crippen LogP) is 3.83. The number of nitrogens with zero attached hydrogens (tertiary/aromatic N) is 2. The van der Waals surface area contributed by atoms with Crippen molar-refractivity contribution in [3.63, 3.8) is 0 Å². The van der Waals surface area contributed by atoms with Crippen LogP contribution in [0.4, 0.5) is 0 Å². The topological polar surface area (TPSA) is 59.0 Å². The van der Waals surface area contributed by atoms with Crippen molar-refractivity contribution in [3.05, 3.63) is 65.7 Å². The van der Waals surface area contributed by atoms with E-state index < -0.39 is 5.66 Å². The van der Waals surface area contributed by atoms with Crippen LogP contribution in [0.2, 0.25) is 0 Å². The lowest BCUT2D eigenvalue weighted by molar-refractivity contribution is -0.125. The third kappa shape index (κ3) is 3.03. The minimum atomic E-state index is -0.752. The maximum absolute atomic E-state index is 13.3. The largest absolute Gasteiger partial charge is 0.497 e. The van der Waals surface area contributed by atoms with Crippen LogP contribution in [-0.2, 0) is 4.79 Å². The molecule has 0 aromatic heterocycles. The summed E-state index contributed by atoms with van der Waals surface area (Å²) in [5.41, 5.74) is 0.845. The fourth-order valence-corrected chi connectivity index (χ4v) is 3.98. The second kappa shape index (κ2) is 6.99. The summed E-state index contributed by atoms with van der Waals surface area (Å²) < 4.78 is 5.20. The van der Waals surface area contributed by atoms with Gasteiger partial charge >= 0.3 is 0 Å². The van der Waals surface area contributed by atoms with Crippen molar-refractivity contribution in [2.75, 3.05) is 7.11 Å². The van der Waals surface area contributed by atoms with E-state index in [1.807, 2.05) is 30.3 Å². The third-order valence-electron chi connectivity index (χ3n) is 5.38. The zero-order valence-electron chi connectivity index (χ0n) is 15.4. The van der Waals surface area contributed by atoms with Gasteiger partial charge in [0.15, 0.2) is 0 Å². The van der Waals surface area contributed by atoms with Crippen molar-refractivity contribution in [3.8, 4) is 5.75 Å². The van der Waals surface area contributed by atoms with Crippen LogP contribution in [0, 0.1) is 0 Å². The van der Waals surface area contributed by atoms with Gasteiger partial charge in [0.05, 0.1) is 7.11 Å². The van der Waals surface area contributed by atoms with Crippen molar-refractivity contribution in [1.82, 2.24) is 4.90 Å². The van der Waals surface area contributed by atoms with Gasteiger partial charge in [-0.15, -0.1) is 0 Å². The van der Waals surface area contributed by atoms with Gasteiger partial charge in [0, 0.05) is 11.1 Å². The van der Waals surface area contributed by atoms with E-state index in [9.17, 15) is 9.59 Å². The van der Waals surface area contributed by atoms with Crippen LogP contribution < -0.4 is 4.74 Å². The molecule has 1 aliphatic carbocycles. The van der Waals surface area contributed by atoms with E-state index in [1.165, 1.54) is 4.90 Å². The minimum Gasteiger partial charge on any atom is -0.497 e. The van der Waals surface area contributed by atoms with Gasteiger partial charge in [0.2, 0.25) is 0 Å². The molecule has 4 rings (SSSR count). The molecule has 0 N–H and O–H groups in total. The number of benzene rings is 2. The van der Waals surface area contributed by atoms with Crippen molar-refractivity contribution < 1.29 is 14.3 Å². The second-order valence-electron chi connectivity index (χ2n) is 7.04. The normalized spacial score (nSPS) is 18.5. The Bertz CT molecular complexity index is 882. The third-order valence-corrected chi connectivity index (χ3v) is 5.38. The van der Waals surface area contributed by atoms with Crippen LogP contribution in [-0.4, -0.2) is 35.2 Å². The molecule has 1 saturated carbocycles. The monoisotopic (exact) mass is 362 g/mol. The Balaban J connectivity index is 1.75. The highest BCUT2D eigenvalue weighted by Crippen LogP contribution is 2.40. The van der Waals surface area contributed by atoms with Gasteiger partial charge in [-0.3, -0.25) is 14.6 Å². The molecule has 0 unspecified atom stereocenters. The molecule has 0 atom stereocenters. The molecule has 0 radical (unpaired) electrons. The number of carbonyl (C=O) groups is 2. The molecule has 1 aliphatic heterocycles. The molecule has 2 aromatic carbocycles. The number of carbonyl (C=O) groups excluding carboxylic acids is 2. The first-order chi connectivity index (χ1) is 13.1. The lowest BCUT2D eigenvalue weighted by Gasteiger charge is -2.37. The number of rotatable bonds is 3. The zero-order chi connectivity index (χ0) is 18.9. The Hall–Kier alpha value is -2.95. The van der Waals surface area contributed by atoms with Gasteiger partial charge in [0.1, 0.15) is 17.1 Å². The maximum atomic E-state index is 13.3. The molecule has 1 spiro atoms. The first-order valence-electron chi connectivity index (χ1n) is 9.33. The van der Waals surface area contributed by atoms with E-state index in [0.717, 1.165) is 37.9 Å². The lowest BCUT2D eigenvalue weighted by atomic mass is 9.88. The molecule has 27 heavy (non-hydrogen) atoms. The van der Waals surface area contributed by atoms with Crippen LogP contribution in [0.25, 0.3) is 0 Å². The number of ether oxygens (including phenoxy) is 1. The summed E-state index contributed by atoms with van der Waals surface area (Å²) >= 11 is 0. The molecule has 2 aromatic rings. The van der Waals surface area contributed by atoms with E-state index in [-0.39, 0.29) is 11.8 Å². The fourth-order valence-electron chi connectivity index (χ4n) is 3.98. The number of amides is 2. The van der Waals surface area contributed by atoms with E-state index >= 15 is 0 Å². The molecule has 2 aliphatic rings. The van der Waals surface area contributed by atoms with Gasteiger partial charge in [-0.2, -0.15) is 0 Å². The van der Waals surface area contributed by atoms with Crippen LogP contribution in [0.15, 0.2) is 59.6 Å². The molecule has 1 fully saturated rings. The molecule has 1 heterocycles. The van der Waals surface area contributed by atoms with E-state index in [4.69, 9.17) is 9.73 Å². The van der Waals surface area contributed by atoms with Gasteiger partial charge in [-0.05, 0) is 62.1 Å². The first kappa shape index (κ1) is 17.5. The van der Waals surface area contributed by atoms with Gasteiger partial charge in [-0.25, -0.2) is 4.90 Å². The number of hydrogen-bond acceptors (Lipinski definition) is 4. The Labute approximate surface area is 158 Å². The Kier molecular flexibility index (Phi) is 4.52. The van der Waals surface area contributed by atoms with Crippen LogP contribution in [0.3, 0.4) is 0 Å². The highest BCUT2D eigenvalue weighted by atomic mass is 16.5. The zero-order valence-corrected chi connectivity index (χ0v) is 15.4. The highest BCUT2D eigenvalue weighted by molar-refractivity contribution is 6.49. The summed E-state index contributed by atoms with van der Waals surface area (Å²) in [7, 11) is 1.60. The molecule has 0 saturated heterocycles. The van der Waals surface area contributed by atoms with Gasteiger partial charge in [-0.1, -0.05) is 24.6 Å². The van der Waals surface area contributed by atoms with E-state index in [1.54, 1.807) is 31.4 Å². The number of methoxy groups -OCH3 is 1. The molecule has 5 nitrogen and oxygen atoms in total. The Morgan fingerprint density at radius 1 is 1.00 bits per heavy atom. The number of imide groups is 1. The molecular weight excluding hydrogens is 340 g/mol. The van der Waals surface area contributed by atoms with Crippen molar-refractivity contribution in [1.29, 1.82) is 0 Å². The van der Waals surface area contributed by atoms with E-state index in [0.29, 0.717) is 16.8 Å². The van der Waals surface area contributed by atoms with Crippen molar-refractivity contribution in [2.45, 2.75) is 37.8 Å². The van der Waals surface area contributed by atoms with Crippen LogP contribution in [0.1, 0.15) is 48.0 Å². The fraction of sp³-hybridized carbons (Fsp3) is 0.318. The average Bonchev–Trinajstić information content (AvgIpc) is 3.00. The van der Waals surface area contributed by atoms with Crippen LogP contribution in [0.5, 0.6) is 5.75 Å². The summed E-state index contributed by atoms with van der Waals surface area (Å²) in [6, 6.07) is 16.2. The van der Waals surface area contributed by atoms with Gasteiger partial charge in [0.25, 0.3) is 11.8 Å². The SMILES string of the molecule is COc1ccc(C2=NC3(CCCCC3)N(C(=O)c3ccccc3)C2=O)cc1. The Morgan fingerprint density at radius 3 is 2.30 bits per heavy atom. The quantitative estimate of drug-likeness (QED) is 0.780. The van der Waals surface area contributed by atoms with Gasteiger partial charge < -0.3 is 4.74 Å². The first-order valence-corrected chi connectivity index (χ1v) is 9.33. The predicted molar refractivity (Wildman–Crippen MR) is 103 cm³/mol. The molecule has 138 valence electrons. The van der Waals surface area contributed by atoms with Crippen LogP contribution >= 0.6 is 0 Å². The van der Waals surface area contributed by atoms with E-state index in [2.05, 4.69) is 0 Å². The molecule has 0 bridgehead atoms.